The van der Waals surface area contributed by atoms with Gasteiger partial charge in [-0.25, -0.2) is 14.6 Å². The number of Topliss-reactive ketones (excluding diaryl/α,β-unsaturated/α-hetero) is 1. The molecule has 0 spiro atoms. The standard InChI is InChI=1S/C19H17ClN4O/c20-12-5-6-14-11(7-12)8-16(25)17(14)18-15-9-23-24(13-3-1-2-4-13)19(15)22-10-21-18/h5-7,9-10,13,17H,1-4,8H2. The van der Waals surface area contributed by atoms with E-state index in [1.165, 1.54) is 12.8 Å². The van der Waals surface area contributed by atoms with Crippen molar-refractivity contribution in [1.29, 1.82) is 0 Å². The first kappa shape index (κ1) is 15.0. The molecule has 1 atom stereocenters. The predicted octanol–water partition coefficient (Wildman–Crippen LogP) is 3.85. The molecule has 1 aromatic carbocycles. The molecule has 2 aliphatic carbocycles. The highest BCUT2D eigenvalue weighted by atomic mass is 35.5. The maximum absolute atomic E-state index is 12.7. The van der Waals surface area contributed by atoms with E-state index in [-0.39, 0.29) is 11.7 Å². The van der Waals surface area contributed by atoms with E-state index in [0.717, 1.165) is 40.7 Å². The molecular weight excluding hydrogens is 336 g/mol. The minimum Gasteiger partial charge on any atom is -0.298 e. The molecule has 0 bridgehead atoms. The number of hydrogen-bond acceptors (Lipinski definition) is 4. The number of nitrogens with zero attached hydrogens (tertiary/aromatic N) is 4. The SMILES string of the molecule is O=C1Cc2cc(Cl)ccc2C1c1ncnc2c1cnn2C1CCCC1. The van der Waals surface area contributed by atoms with Gasteiger partial charge in [0.15, 0.2) is 11.4 Å². The highest BCUT2D eigenvalue weighted by molar-refractivity contribution is 6.30. The summed E-state index contributed by atoms with van der Waals surface area (Å²) in [5, 5.41) is 6.13. The second-order valence-corrected chi connectivity index (χ2v) is 7.38. The molecule has 5 nitrogen and oxygen atoms in total. The van der Waals surface area contributed by atoms with Crippen molar-refractivity contribution in [1.82, 2.24) is 19.7 Å². The number of benzene rings is 1. The van der Waals surface area contributed by atoms with Crippen LogP contribution in [0.5, 0.6) is 0 Å². The topological polar surface area (TPSA) is 60.7 Å². The van der Waals surface area contributed by atoms with E-state index in [2.05, 4.69) is 15.1 Å². The third kappa shape index (κ3) is 2.29. The highest BCUT2D eigenvalue weighted by Crippen LogP contribution is 2.39. The second kappa shape index (κ2) is 5.63. The molecule has 25 heavy (non-hydrogen) atoms. The Balaban J connectivity index is 1.66. The lowest BCUT2D eigenvalue weighted by molar-refractivity contribution is -0.118. The fourth-order valence-electron chi connectivity index (χ4n) is 4.30. The van der Waals surface area contributed by atoms with Crippen LogP contribution in [0.1, 0.15) is 54.5 Å². The predicted molar refractivity (Wildman–Crippen MR) is 94.8 cm³/mol. The van der Waals surface area contributed by atoms with Crippen LogP contribution in [0, 0.1) is 0 Å². The Labute approximate surface area is 150 Å². The summed E-state index contributed by atoms with van der Waals surface area (Å²) in [6, 6.07) is 6.08. The summed E-state index contributed by atoms with van der Waals surface area (Å²) in [6.07, 6.45) is 8.54. The summed E-state index contributed by atoms with van der Waals surface area (Å²) in [6.45, 7) is 0. The highest BCUT2D eigenvalue weighted by Gasteiger charge is 2.35. The average molecular weight is 353 g/mol. The number of carbonyl (C=O) groups is 1. The van der Waals surface area contributed by atoms with Gasteiger partial charge in [-0.05, 0) is 36.1 Å². The third-order valence-electron chi connectivity index (χ3n) is 5.47. The van der Waals surface area contributed by atoms with Gasteiger partial charge < -0.3 is 0 Å². The van der Waals surface area contributed by atoms with Gasteiger partial charge in [-0.15, -0.1) is 0 Å². The summed E-state index contributed by atoms with van der Waals surface area (Å²) in [5.74, 6) is -0.190. The number of halogens is 1. The Morgan fingerprint density at radius 2 is 2.00 bits per heavy atom. The Morgan fingerprint density at radius 1 is 1.16 bits per heavy atom. The van der Waals surface area contributed by atoms with Crippen LogP contribution in [-0.4, -0.2) is 25.5 Å². The molecule has 126 valence electrons. The first-order valence-corrected chi connectivity index (χ1v) is 9.09. The Bertz CT molecular complexity index is 990. The molecular formula is C19H17ClN4O. The van der Waals surface area contributed by atoms with Crippen molar-refractivity contribution in [2.45, 2.75) is 44.1 Å². The molecule has 0 amide bonds. The molecule has 1 saturated carbocycles. The number of ketones is 1. The quantitative estimate of drug-likeness (QED) is 0.702. The van der Waals surface area contributed by atoms with Crippen molar-refractivity contribution in [3.05, 3.63) is 52.6 Å². The molecule has 0 aliphatic heterocycles. The lowest BCUT2D eigenvalue weighted by Gasteiger charge is -2.13. The van der Waals surface area contributed by atoms with Crippen LogP contribution < -0.4 is 0 Å². The van der Waals surface area contributed by atoms with Crippen molar-refractivity contribution < 1.29 is 4.79 Å². The second-order valence-electron chi connectivity index (χ2n) is 6.94. The third-order valence-corrected chi connectivity index (χ3v) is 5.70. The minimum atomic E-state index is -0.348. The first-order valence-electron chi connectivity index (χ1n) is 8.71. The van der Waals surface area contributed by atoms with Gasteiger partial charge in [0.05, 0.1) is 29.2 Å². The summed E-state index contributed by atoms with van der Waals surface area (Å²) in [5.41, 5.74) is 3.60. The molecule has 0 N–H and O–H groups in total. The van der Waals surface area contributed by atoms with Gasteiger partial charge in [-0.2, -0.15) is 5.10 Å². The summed E-state index contributed by atoms with van der Waals surface area (Å²) in [4.78, 5) is 21.7. The molecule has 2 aromatic heterocycles. The molecule has 6 heteroatoms. The van der Waals surface area contributed by atoms with E-state index in [1.807, 2.05) is 29.1 Å². The van der Waals surface area contributed by atoms with Crippen molar-refractivity contribution in [2.24, 2.45) is 0 Å². The summed E-state index contributed by atoms with van der Waals surface area (Å²) < 4.78 is 2.02. The van der Waals surface area contributed by atoms with Gasteiger partial charge in [0.25, 0.3) is 0 Å². The molecule has 1 fully saturated rings. The fourth-order valence-corrected chi connectivity index (χ4v) is 4.49. The van der Waals surface area contributed by atoms with Crippen molar-refractivity contribution in [3.8, 4) is 0 Å². The van der Waals surface area contributed by atoms with Crippen LogP contribution in [0.2, 0.25) is 5.02 Å². The number of rotatable bonds is 2. The monoisotopic (exact) mass is 352 g/mol. The maximum Gasteiger partial charge on any atom is 0.161 e. The molecule has 3 aromatic rings. The summed E-state index contributed by atoms with van der Waals surface area (Å²) >= 11 is 6.09. The zero-order valence-electron chi connectivity index (χ0n) is 13.7. The normalized spacial score (nSPS) is 20.5. The first-order chi connectivity index (χ1) is 12.2. The van der Waals surface area contributed by atoms with Gasteiger partial charge >= 0.3 is 0 Å². The molecule has 0 saturated heterocycles. The lowest BCUT2D eigenvalue weighted by Crippen LogP contribution is -2.11. The van der Waals surface area contributed by atoms with E-state index < -0.39 is 0 Å². The smallest absolute Gasteiger partial charge is 0.161 e. The molecule has 1 unspecified atom stereocenters. The number of fused-ring (bicyclic) bond motifs is 2. The maximum atomic E-state index is 12.7. The van der Waals surface area contributed by atoms with Gasteiger partial charge in [-0.1, -0.05) is 30.5 Å². The molecule has 0 radical (unpaired) electrons. The van der Waals surface area contributed by atoms with Crippen molar-refractivity contribution in [3.63, 3.8) is 0 Å². The van der Waals surface area contributed by atoms with E-state index in [0.29, 0.717) is 17.5 Å². The average Bonchev–Trinajstić information content (AvgIpc) is 3.31. The van der Waals surface area contributed by atoms with E-state index >= 15 is 0 Å². The number of aromatic nitrogens is 4. The van der Waals surface area contributed by atoms with Crippen molar-refractivity contribution in [2.75, 3.05) is 0 Å². The van der Waals surface area contributed by atoms with Crippen LogP contribution in [0.4, 0.5) is 0 Å². The van der Waals surface area contributed by atoms with Crippen LogP contribution >= 0.6 is 11.6 Å². The Morgan fingerprint density at radius 3 is 2.84 bits per heavy atom. The zero-order chi connectivity index (χ0) is 17.0. The number of hydrogen-bond donors (Lipinski definition) is 0. The molecule has 5 rings (SSSR count). The van der Waals surface area contributed by atoms with Crippen LogP contribution in [0.15, 0.2) is 30.7 Å². The fraction of sp³-hybridized carbons (Fsp3) is 0.368. The summed E-state index contributed by atoms with van der Waals surface area (Å²) in [7, 11) is 0. The van der Waals surface area contributed by atoms with E-state index in [4.69, 9.17) is 11.6 Å². The van der Waals surface area contributed by atoms with Gasteiger partial charge in [0.2, 0.25) is 0 Å². The molecule has 2 heterocycles. The van der Waals surface area contributed by atoms with Gasteiger partial charge in [-0.3, -0.25) is 4.79 Å². The Hall–Kier alpha value is -2.27. The van der Waals surface area contributed by atoms with E-state index in [1.54, 1.807) is 6.33 Å². The van der Waals surface area contributed by atoms with Crippen LogP contribution in [0.3, 0.4) is 0 Å². The van der Waals surface area contributed by atoms with Gasteiger partial charge in [0, 0.05) is 11.4 Å². The lowest BCUT2D eigenvalue weighted by atomic mass is 9.95. The van der Waals surface area contributed by atoms with Crippen LogP contribution in [-0.2, 0) is 11.2 Å². The largest absolute Gasteiger partial charge is 0.298 e. The van der Waals surface area contributed by atoms with E-state index in [9.17, 15) is 4.79 Å². The van der Waals surface area contributed by atoms with Gasteiger partial charge in [0.1, 0.15) is 6.33 Å². The van der Waals surface area contributed by atoms with Crippen LogP contribution in [0.25, 0.3) is 11.0 Å². The number of carbonyl (C=O) groups excluding carboxylic acids is 1. The Kier molecular flexibility index (Phi) is 3.38. The zero-order valence-corrected chi connectivity index (χ0v) is 14.4. The van der Waals surface area contributed by atoms with Crippen molar-refractivity contribution >= 4 is 28.4 Å². The minimum absolute atomic E-state index is 0.158. The molecule has 2 aliphatic rings.